The topological polar surface area (TPSA) is 46.9 Å². The number of nitrogens with zero attached hydrogens (tertiary/aromatic N) is 2. The Morgan fingerprint density at radius 1 is 1.27 bits per heavy atom. The Morgan fingerprint density at radius 2 is 1.88 bits per heavy atom. The summed E-state index contributed by atoms with van der Waals surface area (Å²) in [5.41, 5.74) is 1.19. The lowest BCUT2D eigenvalue weighted by Gasteiger charge is -2.18. The second-order valence-electron chi connectivity index (χ2n) is 6.16. The zero-order valence-electron chi connectivity index (χ0n) is 14.8. The van der Waals surface area contributed by atoms with Crippen molar-refractivity contribution in [2.75, 3.05) is 0 Å². The molecule has 1 aromatic heterocycles. The number of hydrogen-bond donors (Lipinski definition) is 1. The zero-order valence-corrected chi connectivity index (χ0v) is 15.6. The number of carbonyl (C=O) groups excluding carboxylic acids is 1. The molecule has 0 bridgehead atoms. The lowest BCUT2D eigenvalue weighted by atomic mass is 10.0. The van der Waals surface area contributed by atoms with Crippen molar-refractivity contribution in [1.29, 1.82) is 0 Å². The SMILES string of the molecule is CCC(NC(=O)CCn1nc(C(F)(F)F)c(Cl)c1C)c1ccc(C)cc1. The fourth-order valence-corrected chi connectivity index (χ4v) is 2.86. The molecule has 2 rings (SSSR count). The van der Waals surface area contributed by atoms with Crippen LogP contribution in [-0.2, 0) is 17.5 Å². The van der Waals surface area contributed by atoms with Crippen LogP contribution in [-0.4, -0.2) is 15.7 Å². The first-order chi connectivity index (χ1) is 12.1. The minimum absolute atomic E-state index is 0.0124. The van der Waals surface area contributed by atoms with Gasteiger partial charge in [0.2, 0.25) is 5.91 Å². The van der Waals surface area contributed by atoms with Gasteiger partial charge in [-0.1, -0.05) is 48.4 Å². The van der Waals surface area contributed by atoms with Crippen molar-refractivity contribution in [3.63, 3.8) is 0 Å². The van der Waals surface area contributed by atoms with Crippen molar-refractivity contribution >= 4 is 17.5 Å². The first-order valence-electron chi connectivity index (χ1n) is 8.29. The molecule has 0 saturated heterocycles. The maximum absolute atomic E-state index is 12.8. The predicted molar refractivity (Wildman–Crippen MR) is 93.9 cm³/mol. The molecule has 2 aromatic rings. The molecule has 0 aliphatic heterocycles. The Labute approximate surface area is 155 Å². The molecular weight excluding hydrogens is 367 g/mol. The Hall–Kier alpha value is -2.02. The van der Waals surface area contributed by atoms with Gasteiger partial charge in [0.05, 0.1) is 23.3 Å². The van der Waals surface area contributed by atoms with Gasteiger partial charge >= 0.3 is 6.18 Å². The van der Waals surface area contributed by atoms with Gasteiger partial charge in [0.15, 0.2) is 5.69 Å². The molecule has 4 nitrogen and oxygen atoms in total. The lowest BCUT2D eigenvalue weighted by molar-refractivity contribution is -0.141. The van der Waals surface area contributed by atoms with Crippen molar-refractivity contribution < 1.29 is 18.0 Å². The van der Waals surface area contributed by atoms with Crippen LogP contribution >= 0.6 is 11.6 Å². The number of benzene rings is 1. The molecule has 1 N–H and O–H groups in total. The molecule has 0 fully saturated rings. The number of rotatable bonds is 6. The highest BCUT2D eigenvalue weighted by Crippen LogP contribution is 2.35. The summed E-state index contributed by atoms with van der Waals surface area (Å²) in [6, 6.07) is 7.71. The third-order valence-corrected chi connectivity index (χ3v) is 4.63. The number of alkyl halides is 3. The molecule has 1 unspecified atom stereocenters. The van der Waals surface area contributed by atoms with Gasteiger partial charge in [-0.3, -0.25) is 9.48 Å². The molecule has 142 valence electrons. The molecule has 8 heteroatoms. The number of aromatic nitrogens is 2. The standard InChI is InChI=1S/C18H21ClF3N3O/c1-4-14(13-7-5-11(2)6-8-13)23-15(26)9-10-25-12(3)16(19)17(24-25)18(20,21)22/h5-8,14H,4,9-10H2,1-3H3,(H,23,26). The molecule has 0 radical (unpaired) electrons. The summed E-state index contributed by atoms with van der Waals surface area (Å²) in [7, 11) is 0. The number of carbonyl (C=O) groups is 1. The summed E-state index contributed by atoms with van der Waals surface area (Å²) in [6.45, 7) is 5.41. The molecule has 0 aliphatic carbocycles. The average molecular weight is 388 g/mol. The van der Waals surface area contributed by atoms with Crippen molar-refractivity contribution in [3.05, 3.63) is 51.8 Å². The van der Waals surface area contributed by atoms with Crippen LogP contribution in [0, 0.1) is 13.8 Å². The monoisotopic (exact) mass is 387 g/mol. The number of halogens is 4. The van der Waals surface area contributed by atoms with E-state index in [4.69, 9.17) is 11.6 Å². The second kappa shape index (κ2) is 8.12. The molecule has 26 heavy (non-hydrogen) atoms. The predicted octanol–water partition coefficient (Wildman–Crippen LogP) is 4.83. The number of amides is 1. The first-order valence-corrected chi connectivity index (χ1v) is 8.67. The minimum atomic E-state index is -4.62. The molecule has 0 spiro atoms. The van der Waals surface area contributed by atoms with E-state index in [0.29, 0.717) is 6.42 Å². The zero-order chi connectivity index (χ0) is 19.5. The van der Waals surface area contributed by atoms with E-state index in [-0.39, 0.29) is 30.6 Å². The van der Waals surface area contributed by atoms with Gasteiger partial charge < -0.3 is 5.32 Å². The summed E-state index contributed by atoms with van der Waals surface area (Å²) in [6.07, 6.45) is -3.90. The van der Waals surface area contributed by atoms with Crippen molar-refractivity contribution in [2.24, 2.45) is 0 Å². The summed E-state index contributed by atoms with van der Waals surface area (Å²) in [5.74, 6) is -0.253. The number of nitrogens with one attached hydrogen (secondary N) is 1. The van der Waals surface area contributed by atoms with Crippen LogP contribution < -0.4 is 5.32 Å². The third-order valence-electron chi connectivity index (χ3n) is 4.18. The summed E-state index contributed by atoms with van der Waals surface area (Å²) in [4.78, 5) is 12.2. The van der Waals surface area contributed by atoms with Crippen LogP contribution in [0.4, 0.5) is 13.2 Å². The third kappa shape index (κ3) is 4.78. The van der Waals surface area contributed by atoms with E-state index < -0.39 is 16.9 Å². The highest BCUT2D eigenvalue weighted by atomic mass is 35.5. The van der Waals surface area contributed by atoms with Crippen LogP contribution in [0.1, 0.15) is 48.3 Å². The van der Waals surface area contributed by atoms with Gasteiger partial charge in [0.25, 0.3) is 0 Å². The Bertz CT molecular complexity index is 769. The number of aryl methyl sites for hydroxylation is 2. The molecule has 1 amide bonds. The highest BCUT2D eigenvalue weighted by molar-refractivity contribution is 6.31. The van der Waals surface area contributed by atoms with E-state index in [1.165, 1.54) is 6.92 Å². The maximum Gasteiger partial charge on any atom is 0.436 e. The minimum Gasteiger partial charge on any atom is -0.349 e. The van der Waals surface area contributed by atoms with E-state index in [0.717, 1.165) is 15.8 Å². The second-order valence-corrected chi connectivity index (χ2v) is 6.54. The van der Waals surface area contributed by atoms with E-state index in [1.807, 2.05) is 38.1 Å². The van der Waals surface area contributed by atoms with Crippen LogP contribution in [0.2, 0.25) is 5.02 Å². The summed E-state index contributed by atoms with van der Waals surface area (Å²) < 4.78 is 39.6. The van der Waals surface area contributed by atoms with E-state index in [9.17, 15) is 18.0 Å². The van der Waals surface area contributed by atoms with Gasteiger partial charge in [0.1, 0.15) is 0 Å². The van der Waals surface area contributed by atoms with E-state index in [1.54, 1.807) is 0 Å². The van der Waals surface area contributed by atoms with Gasteiger partial charge in [-0.25, -0.2) is 0 Å². The van der Waals surface area contributed by atoms with Gasteiger partial charge in [-0.2, -0.15) is 18.3 Å². The van der Waals surface area contributed by atoms with E-state index >= 15 is 0 Å². The largest absolute Gasteiger partial charge is 0.436 e. The summed E-state index contributed by atoms with van der Waals surface area (Å²) >= 11 is 5.71. The van der Waals surface area contributed by atoms with Crippen molar-refractivity contribution in [2.45, 2.75) is 52.4 Å². The molecule has 0 aliphatic rings. The van der Waals surface area contributed by atoms with Crippen molar-refractivity contribution in [1.82, 2.24) is 15.1 Å². The molecule has 1 heterocycles. The molecule has 1 aromatic carbocycles. The molecule has 0 saturated carbocycles. The first kappa shape index (κ1) is 20.3. The van der Waals surface area contributed by atoms with Gasteiger partial charge in [-0.15, -0.1) is 0 Å². The maximum atomic E-state index is 12.8. The summed E-state index contributed by atoms with van der Waals surface area (Å²) in [5, 5.41) is 5.98. The van der Waals surface area contributed by atoms with Crippen LogP contribution in [0.25, 0.3) is 0 Å². The fraction of sp³-hybridized carbons (Fsp3) is 0.444. The van der Waals surface area contributed by atoms with Crippen LogP contribution in [0.3, 0.4) is 0 Å². The van der Waals surface area contributed by atoms with Gasteiger partial charge in [-0.05, 0) is 25.8 Å². The quantitative estimate of drug-likeness (QED) is 0.771. The fourth-order valence-electron chi connectivity index (χ4n) is 2.62. The Balaban J connectivity index is 2.01. The Kier molecular flexibility index (Phi) is 6.34. The smallest absolute Gasteiger partial charge is 0.349 e. The highest BCUT2D eigenvalue weighted by Gasteiger charge is 2.38. The number of hydrogen-bond acceptors (Lipinski definition) is 2. The van der Waals surface area contributed by atoms with Gasteiger partial charge in [0, 0.05) is 6.42 Å². The van der Waals surface area contributed by atoms with Crippen LogP contribution in [0.15, 0.2) is 24.3 Å². The lowest BCUT2D eigenvalue weighted by Crippen LogP contribution is -2.29. The van der Waals surface area contributed by atoms with Crippen LogP contribution in [0.5, 0.6) is 0 Å². The molecule has 1 atom stereocenters. The van der Waals surface area contributed by atoms with E-state index in [2.05, 4.69) is 10.4 Å². The normalized spacial score (nSPS) is 12.9. The van der Waals surface area contributed by atoms with Crippen molar-refractivity contribution in [3.8, 4) is 0 Å². The Morgan fingerprint density at radius 3 is 2.38 bits per heavy atom. The average Bonchev–Trinajstić information content (AvgIpc) is 2.87. The molecular formula is C18H21ClF3N3O.